The van der Waals surface area contributed by atoms with Crippen molar-refractivity contribution in [2.45, 2.75) is 4.90 Å². The van der Waals surface area contributed by atoms with Gasteiger partial charge < -0.3 is 19.7 Å². The van der Waals surface area contributed by atoms with Crippen LogP contribution in [0.1, 0.15) is 15.9 Å². The maximum absolute atomic E-state index is 12.7. The second-order valence-electron chi connectivity index (χ2n) is 6.43. The van der Waals surface area contributed by atoms with Crippen LogP contribution < -0.4 is 5.32 Å². The first-order chi connectivity index (χ1) is 14.7. The summed E-state index contributed by atoms with van der Waals surface area (Å²) in [6.45, 7) is -0.841. The van der Waals surface area contributed by atoms with Gasteiger partial charge in [0.1, 0.15) is 18.0 Å². The minimum atomic E-state index is -3.76. The van der Waals surface area contributed by atoms with E-state index in [2.05, 4.69) is 19.2 Å². The van der Waals surface area contributed by atoms with Crippen molar-refractivity contribution < 1.29 is 32.3 Å². The van der Waals surface area contributed by atoms with Crippen LogP contribution in [-0.4, -0.2) is 64.3 Å². The minimum Gasteiger partial charge on any atom is -0.468 e. The molecule has 0 saturated carbocycles. The monoisotopic (exact) mass is 445 g/mol. The Kier molecular flexibility index (Phi) is 6.35. The number of hydrogen-bond acceptors (Lipinski definition) is 8. The Labute approximate surface area is 178 Å². The molecule has 3 rings (SSSR count). The fraction of sp³-hybridized carbons (Fsp3) is 0.200. The molecule has 0 aromatic heterocycles. The van der Waals surface area contributed by atoms with Gasteiger partial charge in [-0.15, -0.1) is 4.40 Å². The number of sulfonamides is 1. The number of nitrogens with one attached hydrogen (secondary N) is 1. The summed E-state index contributed by atoms with van der Waals surface area (Å²) < 4.78 is 37.2. The molecule has 0 spiro atoms. The Balaban J connectivity index is 1.78. The summed E-state index contributed by atoms with van der Waals surface area (Å²) in [6.07, 6.45) is 0. The smallest absolute Gasteiger partial charge is 0.325 e. The van der Waals surface area contributed by atoms with E-state index >= 15 is 0 Å². The van der Waals surface area contributed by atoms with Gasteiger partial charge in [0, 0.05) is 16.8 Å². The van der Waals surface area contributed by atoms with Gasteiger partial charge in [-0.2, -0.15) is 8.42 Å². The van der Waals surface area contributed by atoms with Gasteiger partial charge in [0.25, 0.3) is 15.9 Å². The molecule has 162 valence electrons. The van der Waals surface area contributed by atoms with Crippen LogP contribution in [-0.2, 0) is 29.1 Å². The molecule has 0 saturated heterocycles. The van der Waals surface area contributed by atoms with Gasteiger partial charge in [-0.25, -0.2) is 0 Å². The molecule has 1 aliphatic rings. The van der Waals surface area contributed by atoms with Crippen molar-refractivity contribution in [3.63, 3.8) is 0 Å². The van der Waals surface area contributed by atoms with Crippen molar-refractivity contribution in [2.24, 2.45) is 4.40 Å². The number of benzene rings is 2. The fourth-order valence-electron chi connectivity index (χ4n) is 2.85. The highest BCUT2D eigenvalue weighted by molar-refractivity contribution is 7.90. The highest BCUT2D eigenvalue weighted by atomic mass is 32.2. The van der Waals surface area contributed by atoms with E-state index in [-0.39, 0.29) is 16.3 Å². The van der Waals surface area contributed by atoms with E-state index in [0.29, 0.717) is 11.3 Å². The van der Waals surface area contributed by atoms with Gasteiger partial charge in [0.05, 0.1) is 14.2 Å². The predicted molar refractivity (Wildman–Crippen MR) is 110 cm³/mol. The van der Waals surface area contributed by atoms with Crippen molar-refractivity contribution in [1.29, 1.82) is 0 Å². The van der Waals surface area contributed by atoms with E-state index in [1.54, 1.807) is 30.3 Å². The molecule has 1 amide bonds. The number of anilines is 1. The number of methoxy groups -OCH3 is 2. The maximum Gasteiger partial charge on any atom is 0.325 e. The number of rotatable bonds is 6. The fourth-order valence-corrected chi connectivity index (χ4v) is 4.03. The molecule has 0 bridgehead atoms. The molecule has 0 unspecified atom stereocenters. The van der Waals surface area contributed by atoms with Gasteiger partial charge in [-0.1, -0.05) is 12.1 Å². The number of esters is 2. The van der Waals surface area contributed by atoms with E-state index in [0.717, 1.165) is 4.90 Å². The number of carbonyl (C=O) groups excluding carboxylic acids is 3. The summed E-state index contributed by atoms with van der Waals surface area (Å²) in [5.41, 5.74) is 1.15. The highest BCUT2D eigenvalue weighted by Crippen LogP contribution is 2.26. The normalized spacial score (nSPS) is 13.5. The molecule has 0 aliphatic carbocycles. The van der Waals surface area contributed by atoms with Gasteiger partial charge >= 0.3 is 11.9 Å². The van der Waals surface area contributed by atoms with E-state index in [4.69, 9.17) is 0 Å². The average molecular weight is 445 g/mol. The van der Waals surface area contributed by atoms with Gasteiger partial charge in [-0.3, -0.25) is 14.4 Å². The van der Waals surface area contributed by atoms with Gasteiger partial charge in [-0.05, 0) is 36.4 Å². The van der Waals surface area contributed by atoms with Crippen LogP contribution in [0.2, 0.25) is 0 Å². The Morgan fingerprint density at radius 2 is 1.52 bits per heavy atom. The molecule has 11 heteroatoms. The summed E-state index contributed by atoms with van der Waals surface area (Å²) in [5, 5.41) is 2.93. The summed E-state index contributed by atoms with van der Waals surface area (Å²) in [4.78, 5) is 37.0. The number of amides is 1. The zero-order valence-electron chi connectivity index (χ0n) is 16.7. The molecule has 31 heavy (non-hydrogen) atoms. The van der Waals surface area contributed by atoms with E-state index in [1.807, 2.05) is 0 Å². The molecule has 0 fully saturated rings. The Morgan fingerprint density at radius 3 is 2.10 bits per heavy atom. The quantitative estimate of drug-likeness (QED) is 0.653. The van der Waals surface area contributed by atoms with Crippen LogP contribution in [0.25, 0.3) is 0 Å². The van der Waals surface area contributed by atoms with Gasteiger partial charge in [0.2, 0.25) is 0 Å². The number of hydrogen-bond donors (Lipinski definition) is 1. The Morgan fingerprint density at radius 1 is 0.935 bits per heavy atom. The highest BCUT2D eigenvalue weighted by Gasteiger charge is 2.28. The van der Waals surface area contributed by atoms with Crippen LogP contribution in [0.15, 0.2) is 57.8 Å². The van der Waals surface area contributed by atoms with Crippen LogP contribution in [0.4, 0.5) is 5.69 Å². The SMILES string of the molecule is COC(=O)CN(CC(=O)OC)C(=O)c1ccc(NC2=NS(=O)(=O)c3ccccc32)cc1. The standard InChI is InChI=1S/C20H19N3O7S/c1-29-17(24)11-23(12-18(25)30-2)20(26)13-7-9-14(10-8-13)21-19-15-5-3-4-6-16(15)31(27,28)22-19/h3-10H,11-12H2,1-2H3,(H,21,22). The molecule has 1 aliphatic heterocycles. The molecular weight excluding hydrogens is 426 g/mol. The first-order valence-electron chi connectivity index (χ1n) is 8.99. The third-order valence-corrected chi connectivity index (χ3v) is 5.74. The van der Waals surface area contributed by atoms with Crippen molar-refractivity contribution in [3.05, 3.63) is 59.7 Å². The van der Waals surface area contributed by atoms with E-state index in [1.165, 1.54) is 32.4 Å². The Hall–Kier alpha value is -3.73. The van der Waals surface area contributed by atoms with Crippen molar-refractivity contribution in [2.75, 3.05) is 32.6 Å². The lowest BCUT2D eigenvalue weighted by atomic mass is 10.1. The molecule has 1 N–H and O–H groups in total. The molecule has 0 atom stereocenters. The summed E-state index contributed by atoms with van der Waals surface area (Å²) in [7, 11) is -1.41. The summed E-state index contributed by atoms with van der Waals surface area (Å²) in [6, 6.07) is 12.5. The average Bonchev–Trinajstić information content (AvgIpc) is 3.03. The minimum absolute atomic E-state index is 0.116. The molecular formula is C20H19N3O7S. The number of ether oxygens (including phenoxy) is 2. The van der Waals surface area contributed by atoms with Crippen LogP contribution >= 0.6 is 0 Å². The third kappa shape index (κ3) is 4.89. The third-order valence-electron chi connectivity index (χ3n) is 4.41. The number of fused-ring (bicyclic) bond motifs is 1. The summed E-state index contributed by atoms with van der Waals surface area (Å²) >= 11 is 0. The van der Waals surface area contributed by atoms with Crippen LogP contribution in [0, 0.1) is 0 Å². The lowest BCUT2D eigenvalue weighted by molar-refractivity contribution is -0.144. The molecule has 10 nitrogen and oxygen atoms in total. The molecule has 0 radical (unpaired) electrons. The zero-order chi connectivity index (χ0) is 22.6. The lowest BCUT2D eigenvalue weighted by Crippen LogP contribution is -2.40. The van der Waals surface area contributed by atoms with Crippen LogP contribution in [0.5, 0.6) is 0 Å². The largest absolute Gasteiger partial charge is 0.468 e. The topological polar surface area (TPSA) is 131 Å². The van der Waals surface area contributed by atoms with Crippen LogP contribution in [0.3, 0.4) is 0 Å². The molecule has 1 heterocycles. The van der Waals surface area contributed by atoms with E-state index in [9.17, 15) is 22.8 Å². The Bertz CT molecular complexity index is 1140. The second kappa shape index (κ2) is 8.96. The van der Waals surface area contributed by atoms with Crippen molar-refractivity contribution in [3.8, 4) is 0 Å². The maximum atomic E-state index is 12.7. The van der Waals surface area contributed by atoms with Crippen molar-refractivity contribution >= 4 is 39.4 Å². The number of amidine groups is 1. The van der Waals surface area contributed by atoms with Crippen molar-refractivity contribution in [1.82, 2.24) is 4.90 Å². The zero-order valence-corrected chi connectivity index (χ0v) is 17.5. The molecule has 2 aromatic rings. The second-order valence-corrected chi connectivity index (χ2v) is 8.00. The number of nitrogens with zero attached hydrogens (tertiary/aromatic N) is 2. The lowest BCUT2D eigenvalue weighted by Gasteiger charge is -2.20. The first-order valence-corrected chi connectivity index (χ1v) is 10.4. The first kappa shape index (κ1) is 22.0. The summed E-state index contributed by atoms with van der Waals surface area (Å²) in [5.74, 6) is -1.77. The van der Waals surface area contributed by atoms with Gasteiger partial charge in [0.15, 0.2) is 5.84 Å². The predicted octanol–water partition coefficient (Wildman–Crippen LogP) is 1.04. The van der Waals surface area contributed by atoms with E-state index < -0.39 is 41.0 Å². The molecule has 2 aromatic carbocycles. The number of carbonyl (C=O) groups is 3.